The van der Waals surface area contributed by atoms with Gasteiger partial charge in [-0.15, -0.1) is 0 Å². The van der Waals surface area contributed by atoms with Gasteiger partial charge >= 0.3 is 12.2 Å². The summed E-state index contributed by atoms with van der Waals surface area (Å²) in [4.78, 5) is 34.4. The van der Waals surface area contributed by atoms with Gasteiger partial charge in [0, 0.05) is 0 Å². The van der Waals surface area contributed by atoms with E-state index in [1.165, 1.54) is 0 Å². The zero-order valence-corrected chi connectivity index (χ0v) is 10.6. The molecule has 19 heavy (non-hydrogen) atoms. The van der Waals surface area contributed by atoms with Crippen LogP contribution in [0.2, 0.25) is 0 Å². The Balaban J connectivity index is 3.06. The van der Waals surface area contributed by atoms with E-state index in [-0.39, 0.29) is 18.8 Å². The molecule has 0 aromatic rings. The second-order valence-corrected chi connectivity index (χ2v) is 5.04. The lowest BCUT2D eigenvalue weighted by molar-refractivity contribution is -0.177. The van der Waals surface area contributed by atoms with E-state index in [2.05, 4.69) is 0 Å². The van der Waals surface area contributed by atoms with Gasteiger partial charge in [-0.2, -0.15) is 13.2 Å². The lowest BCUT2D eigenvalue weighted by atomic mass is 9.75. The van der Waals surface area contributed by atoms with Gasteiger partial charge < -0.3 is 0 Å². The van der Waals surface area contributed by atoms with E-state index in [1.807, 2.05) is 0 Å². The number of alkyl halides is 3. The van der Waals surface area contributed by atoms with E-state index in [1.54, 1.807) is 24.5 Å². The molecule has 1 aliphatic heterocycles. The van der Waals surface area contributed by atoms with E-state index < -0.39 is 35.9 Å². The normalized spacial score (nSPS) is 19.4. The second-order valence-electron chi connectivity index (χ2n) is 5.04. The molecule has 1 aliphatic rings. The Morgan fingerprint density at radius 1 is 1.11 bits per heavy atom. The fourth-order valence-corrected chi connectivity index (χ4v) is 1.93. The van der Waals surface area contributed by atoms with Gasteiger partial charge in [0.05, 0.1) is 6.42 Å². The van der Waals surface area contributed by atoms with Crippen molar-refractivity contribution in [2.75, 3.05) is 0 Å². The fourth-order valence-electron chi connectivity index (χ4n) is 1.93. The third-order valence-electron chi connectivity index (χ3n) is 2.97. The monoisotopic (exact) mass is 280 g/mol. The van der Waals surface area contributed by atoms with Gasteiger partial charge in [0.1, 0.15) is 5.41 Å². The number of carbonyl (C=O) groups excluding carboxylic acids is 3. The molecule has 0 aromatic carbocycles. The van der Waals surface area contributed by atoms with Crippen LogP contribution in [0.25, 0.3) is 0 Å². The van der Waals surface area contributed by atoms with Gasteiger partial charge in [-0.1, -0.05) is 13.8 Å². The van der Waals surface area contributed by atoms with Crippen molar-refractivity contribution in [3.05, 3.63) is 0 Å². The summed E-state index contributed by atoms with van der Waals surface area (Å²) in [6.45, 7) is 3.54. The molecule has 8 heteroatoms. The number of nitrogens with one attached hydrogen (secondary N) is 2. The Labute approximate surface area is 107 Å². The number of hydrogen-bond acceptors (Lipinski definition) is 3. The highest BCUT2D eigenvalue weighted by Gasteiger charge is 2.55. The SMILES string of the molecule is CC(C)CCC1(CC(F)(F)F)C(=O)NC(=O)NC1=O. The van der Waals surface area contributed by atoms with Crippen LogP contribution in [0.4, 0.5) is 18.0 Å². The van der Waals surface area contributed by atoms with Gasteiger partial charge in [0.25, 0.3) is 0 Å². The Bertz CT molecular complexity index is 384. The third-order valence-corrected chi connectivity index (χ3v) is 2.97. The maximum absolute atomic E-state index is 12.6. The molecule has 1 rings (SSSR count). The minimum Gasteiger partial charge on any atom is -0.277 e. The second kappa shape index (κ2) is 5.18. The van der Waals surface area contributed by atoms with Crippen LogP contribution in [0, 0.1) is 11.3 Å². The summed E-state index contributed by atoms with van der Waals surface area (Å²) < 4.78 is 37.8. The summed E-state index contributed by atoms with van der Waals surface area (Å²) in [5, 5.41) is 3.47. The number of amides is 4. The molecule has 0 spiro atoms. The molecule has 1 fully saturated rings. The number of rotatable bonds is 4. The number of urea groups is 1. The van der Waals surface area contributed by atoms with Crippen LogP contribution in [0.5, 0.6) is 0 Å². The Hall–Kier alpha value is -1.60. The first kappa shape index (κ1) is 15.5. The van der Waals surface area contributed by atoms with Crippen molar-refractivity contribution in [1.82, 2.24) is 10.6 Å². The van der Waals surface area contributed by atoms with Crippen LogP contribution in [-0.4, -0.2) is 24.0 Å². The van der Waals surface area contributed by atoms with Crippen LogP contribution >= 0.6 is 0 Å². The molecule has 0 saturated carbocycles. The van der Waals surface area contributed by atoms with Crippen molar-refractivity contribution in [2.45, 2.75) is 39.3 Å². The predicted molar refractivity (Wildman–Crippen MR) is 58.9 cm³/mol. The molecule has 0 radical (unpaired) electrons. The highest BCUT2D eigenvalue weighted by molar-refractivity contribution is 6.19. The molecule has 5 nitrogen and oxygen atoms in total. The van der Waals surface area contributed by atoms with Crippen LogP contribution in [0.1, 0.15) is 33.1 Å². The van der Waals surface area contributed by atoms with Gasteiger partial charge in [0.2, 0.25) is 11.8 Å². The van der Waals surface area contributed by atoms with Gasteiger partial charge in [-0.3, -0.25) is 20.2 Å². The molecule has 0 bridgehead atoms. The number of carbonyl (C=O) groups is 3. The molecule has 0 aromatic heterocycles. The maximum atomic E-state index is 12.6. The van der Waals surface area contributed by atoms with Crippen LogP contribution < -0.4 is 10.6 Å². The molecule has 4 amide bonds. The van der Waals surface area contributed by atoms with Crippen molar-refractivity contribution >= 4 is 17.8 Å². The van der Waals surface area contributed by atoms with Crippen molar-refractivity contribution < 1.29 is 27.6 Å². The van der Waals surface area contributed by atoms with E-state index in [0.717, 1.165) is 0 Å². The van der Waals surface area contributed by atoms with Crippen LogP contribution in [-0.2, 0) is 9.59 Å². The summed E-state index contributed by atoms with van der Waals surface area (Å²) >= 11 is 0. The largest absolute Gasteiger partial charge is 0.390 e. The van der Waals surface area contributed by atoms with Crippen molar-refractivity contribution in [3.8, 4) is 0 Å². The summed E-state index contributed by atoms with van der Waals surface area (Å²) in [6, 6.07) is -1.09. The first-order valence-electron chi connectivity index (χ1n) is 5.80. The fraction of sp³-hybridized carbons (Fsp3) is 0.727. The van der Waals surface area contributed by atoms with Crippen molar-refractivity contribution in [1.29, 1.82) is 0 Å². The van der Waals surface area contributed by atoms with E-state index >= 15 is 0 Å². The average molecular weight is 280 g/mol. The number of hydrogen-bond donors (Lipinski definition) is 2. The molecule has 108 valence electrons. The number of halogens is 3. The first-order valence-corrected chi connectivity index (χ1v) is 5.80. The van der Waals surface area contributed by atoms with E-state index in [0.29, 0.717) is 0 Å². The van der Waals surface area contributed by atoms with E-state index in [4.69, 9.17) is 0 Å². The zero-order valence-electron chi connectivity index (χ0n) is 10.6. The van der Waals surface area contributed by atoms with Crippen molar-refractivity contribution in [2.24, 2.45) is 11.3 Å². The van der Waals surface area contributed by atoms with Crippen molar-refractivity contribution in [3.63, 3.8) is 0 Å². The first-order chi connectivity index (χ1) is 8.57. The van der Waals surface area contributed by atoms with E-state index in [9.17, 15) is 27.6 Å². The van der Waals surface area contributed by atoms with Gasteiger partial charge in [-0.25, -0.2) is 4.79 Å². The quantitative estimate of drug-likeness (QED) is 0.770. The van der Waals surface area contributed by atoms with Crippen LogP contribution in [0.3, 0.4) is 0 Å². The smallest absolute Gasteiger partial charge is 0.277 e. The van der Waals surface area contributed by atoms with Crippen LogP contribution in [0.15, 0.2) is 0 Å². The molecule has 1 saturated heterocycles. The zero-order chi connectivity index (χ0) is 14.8. The minimum absolute atomic E-state index is 0.0309. The topological polar surface area (TPSA) is 75.3 Å². The lowest BCUT2D eigenvalue weighted by Gasteiger charge is -2.34. The summed E-state index contributed by atoms with van der Waals surface area (Å²) in [5.74, 6) is -2.33. The standard InChI is InChI=1S/C11H15F3N2O3/c1-6(2)3-4-10(5-11(12,13)14)7(17)15-9(19)16-8(10)18/h6H,3-5H2,1-2H3,(H2,15,16,17,18,19). The molecular weight excluding hydrogens is 265 g/mol. The Morgan fingerprint density at radius 2 is 1.58 bits per heavy atom. The predicted octanol–water partition coefficient (Wildman–Crippen LogP) is 1.73. The molecule has 1 heterocycles. The summed E-state index contributed by atoms with van der Waals surface area (Å²) in [6.07, 6.45) is -6.23. The highest BCUT2D eigenvalue weighted by Crippen LogP contribution is 2.39. The molecule has 0 unspecified atom stereocenters. The number of imide groups is 2. The minimum atomic E-state index is -4.67. The molecular formula is C11H15F3N2O3. The molecule has 2 N–H and O–H groups in total. The lowest BCUT2D eigenvalue weighted by Crippen LogP contribution is -2.63. The highest BCUT2D eigenvalue weighted by atomic mass is 19.4. The maximum Gasteiger partial charge on any atom is 0.390 e. The molecule has 0 atom stereocenters. The van der Waals surface area contributed by atoms with Gasteiger partial charge in [0.15, 0.2) is 0 Å². The molecule has 0 aliphatic carbocycles. The average Bonchev–Trinajstić information content (AvgIpc) is 2.20. The summed E-state index contributed by atoms with van der Waals surface area (Å²) in [7, 11) is 0. The Morgan fingerprint density at radius 3 is 1.95 bits per heavy atom. The van der Waals surface area contributed by atoms with Gasteiger partial charge in [-0.05, 0) is 18.8 Å². The third kappa shape index (κ3) is 3.68. The summed E-state index contributed by atoms with van der Waals surface area (Å²) in [5.41, 5.74) is -2.25. The number of barbiturate groups is 1. The Kier molecular flexibility index (Phi) is 4.21.